The lowest BCUT2D eigenvalue weighted by Gasteiger charge is -2.48. The van der Waals surface area contributed by atoms with Gasteiger partial charge in [0.25, 0.3) is 0 Å². The SMILES string of the molecule is C=C(Nc1cccc(C)c1)C(C)(C(C)CC(C)(C)C)C(c1cccc(C)c1C)C(C)C. The van der Waals surface area contributed by atoms with Gasteiger partial charge in [0.15, 0.2) is 0 Å². The van der Waals surface area contributed by atoms with Crippen LogP contribution >= 0.6 is 0 Å². The van der Waals surface area contributed by atoms with Gasteiger partial charge < -0.3 is 5.32 Å². The van der Waals surface area contributed by atoms with Gasteiger partial charge in [-0.3, -0.25) is 0 Å². The molecule has 0 saturated carbocycles. The molecular formula is C30H45N. The van der Waals surface area contributed by atoms with Gasteiger partial charge in [0.1, 0.15) is 0 Å². The van der Waals surface area contributed by atoms with Crippen LogP contribution in [-0.4, -0.2) is 0 Å². The zero-order valence-corrected chi connectivity index (χ0v) is 21.7. The summed E-state index contributed by atoms with van der Waals surface area (Å²) in [6.45, 7) is 28.0. The van der Waals surface area contributed by atoms with Gasteiger partial charge in [-0.2, -0.15) is 0 Å². The van der Waals surface area contributed by atoms with Crippen molar-refractivity contribution in [3.63, 3.8) is 0 Å². The molecule has 0 spiro atoms. The van der Waals surface area contributed by atoms with E-state index in [-0.39, 0.29) is 10.8 Å². The molecular weight excluding hydrogens is 374 g/mol. The minimum atomic E-state index is -0.107. The quantitative estimate of drug-likeness (QED) is 0.450. The van der Waals surface area contributed by atoms with Crippen LogP contribution in [0.5, 0.6) is 0 Å². The molecule has 0 amide bonds. The third kappa shape index (κ3) is 5.82. The van der Waals surface area contributed by atoms with Crippen LogP contribution in [-0.2, 0) is 0 Å². The second-order valence-electron chi connectivity index (χ2n) is 11.4. The molecule has 0 radical (unpaired) electrons. The molecule has 3 unspecified atom stereocenters. The predicted octanol–water partition coefficient (Wildman–Crippen LogP) is 9.06. The van der Waals surface area contributed by atoms with Crippen LogP contribution in [0.2, 0.25) is 0 Å². The van der Waals surface area contributed by atoms with Crippen molar-refractivity contribution in [2.24, 2.45) is 22.7 Å². The molecule has 2 aromatic carbocycles. The first kappa shape index (κ1) is 25.2. The maximum Gasteiger partial charge on any atom is 0.0384 e. The number of hydrogen-bond acceptors (Lipinski definition) is 1. The summed E-state index contributed by atoms with van der Waals surface area (Å²) < 4.78 is 0. The molecule has 2 rings (SSSR count). The smallest absolute Gasteiger partial charge is 0.0384 e. The molecule has 3 atom stereocenters. The van der Waals surface area contributed by atoms with Crippen LogP contribution in [0.1, 0.15) is 83.1 Å². The van der Waals surface area contributed by atoms with E-state index in [9.17, 15) is 0 Å². The van der Waals surface area contributed by atoms with E-state index in [0.29, 0.717) is 17.8 Å². The van der Waals surface area contributed by atoms with Crippen molar-refractivity contribution in [1.82, 2.24) is 0 Å². The highest BCUT2D eigenvalue weighted by Crippen LogP contribution is 2.54. The molecule has 31 heavy (non-hydrogen) atoms. The lowest BCUT2D eigenvalue weighted by molar-refractivity contribution is 0.125. The van der Waals surface area contributed by atoms with Crippen LogP contribution in [0.25, 0.3) is 0 Å². The number of allylic oxidation sites excluding steroid dienone is 1. The van der Waals surface area contributed by atoms with E-state index in [4.69, 9.17) is 0 Å². The first-order chi connectivity index (χ1) is 14.3. The van der Waals surface area contributed by atoms with Gasteiger partial charge in [0.05, 0.1) is 0 Å². The highest BCUT2D eigenvalue weighted by Gasteiger charge is 2.45. The normalized spacial score (nSPS) is 16.0. The summed E-state index contributed by atoms with van der Waals surface area (Å²) in [5.74, 6) is 1.32. The van der Waals surface area contributed by atoms with Crippen molar-refractivity contribution in [1.29, 1.82) is 0 Å². The van der Waals surface area contributed by atoms with Crippen molar-refractivity contribution < 1.29 is 0 Å². The second kappa shape index (κ2) is 9.63. The van der Waals surface area contributed by atoms with E-state index < -0.39 is 0 Å². The van der Waals surface area contributed by atoms with Gasteiger partial charge in [0, 0.05) is 16.8 Å². The Labute approximate surface area is 192 Å². The van der Waals surface area contributed by atoms with Crippen molar-refractivity contribution in [2.75, 3.05) is 5.32 Å². The largest absolute Gasteiger partial charge is 0.359 e. The molecule has 0 fully saturated rings. The highest BCUT2D eigenvalue weighted by molar-refractivity contribution is 5.52. The van der Waals surface area contributed by atoms with Gasteiger partial charge >= 0.3 is 0 Å². The molecule has 0 aromatic heterocycles. The number of rotatable bonds is 8. The minimum absolute atomic E-state index is 0.107. The molecule has 0 aliphatic carbocycles. The second-order valence-corrected chi connectivity index (χ2v) is 11.4. The van der Waals surface area contributed by atoms with Gasteiger partial charge in [-0.15, -0.1) is 0 Å². The van der Waals surface area contributed by atoms with E-state index in [1.807, 2.05) is 0 Å². The van der Waals surface area contributed by atoms with Crippen LogP contribution in [0.4, 0.5) is 5.69 Å². The molecule has 0 heterocycles. The first-order valence-corrected chi connectivity index (χ1v) is 11.9. The fourth-order valence-corrected chi connectivity index (χ4v) is 5.44. The lowest BCUT2D eigenvalue weighted by Crippen LogP contribution is -2.41. The zero-order chi connectivity index (χ0) is 23.6. The van der Waals surface area contributed by atoms with Crippen molar-refractivity contribution in [3.05, 3.63) is 77.0 Å². The fourth-order valence-electron chi connectivity index (χ4n) is 5.44. The summed E-state index contributed by atoms with van der Waals surface area (Å²) in [4.78, 5) is 0. The van der Waals surface area contributed by atoms with E-state index in [1.54, 1.807) is 0 Å². The number of benzene rings is 2. The Morgan fingerprint density at radius 1 is 0.935 bits per heavy atom. The fraction of sp³-hybridized carbons (Fsp3) is 0.533. The topological polar surface area (TPSA) is 12.0 Å². The van der Waals surface area contributed by atoms with E-state index in [0.717, 1.165) is 17.8 Å². The Balaban J connectivity index is 2.63. The predicted molar refractivity (Wildman–Crippen MR) is 139 cm³/mol. The maximum absolute atomic E-state index is 4.67. The monoisotopic (exact) mass is 419 g/mol. The molecule has 0 aliphatic heterocycles. The molecule has 1 heteroatoms. The highest BCUT2D eigenvalue weighted by atomic mass is 14.9. The first-order valence-electron chi connectivity index (χ1n) is 11.9. The Morgan fingerprint density at radius 2 is 1.55 bits per heavy atom. The average molecular weight is 420 g/mol. The van der Waals surface area contributed by atoms with Crippen LogP contribution in [0.3, 0.4) is 0 Å². The Morgan fingerprint density at radius 3 is 2.10 bits per heavy atom. The lowest BCUT2D eigenvalue weighted by atomic mass is 9.57. The summed E-state index contributed by atoms with van der Waals surface area (Å²) in [6.07, 6.45) is 1.14. The van der Waals surface area contributed by atoms with Crippen LogP contribution in [0, 0.1) is 43.4 Å². The van der Waals surface area contributed by atoms with Crippen molar-refractivity contribution in [2.45, 2.75) is 81.6 Å². The van der Waals surface area contributed by atoms with E-state index >= 15 is 0 Å². The van der Waals surface area contributed by atoms with Gasteiger partial charge in [-0.1, -0.05) is 85.4 Å². The molecule has 170 valence electrons. The van der Waals surface area contributed by atoms with E-state index in [1.165, 1.54) is 22.3 Å². The molecule has 0 saturated heterocycles. The molecule has 2 aromatic rings. The van der Waals surface area contributed by atoms with Gasteiger partial charge in [-0.05, 0) is 84.7 Å². The number of aryl methyl sites for hydroxylation is 2. The number of anilines is 1. The average Bonchev–Trinajstić information content (AvgIpc) is 2.63. The molecule has 0 bridgehead atoms. The van der Waals surface area contributed by atoms with Crippen molar-refractivity contribution >= 4 is 5.69 Å². The summed E-state index contributed by atoms with van der Waals surface area (Å²) in [5.41, 5.74) is 7.90. The standard InChI is InChI=1S/C30H45N/c1-20(2)28(27-17-13-15-22(4)24(27)6)30(11,23(5)19-29(8,9)10)25(7)31-26-16-12-14-21(3)18-26/h12-18,20,23,28,31H,7,19H2,1-6,8-11H3. The Bertz CT molecular complexity index is 899. The zero-order valence-electron chi connectivity index (χ0n) is 21.7. The third-order valence-electron chi connectivity index (χ3n) is 7.20. The Kier molecular flexibility index (Phi) is 7.84. The molecule has 1 N–H and O–H groups in total. The third-order valence-corrected chi connectivity index (χ3v) is 7.20. The minimum Gasteiger partial charge on any atom is -0.359 e. The summed E-state index contributed by atoms with van der Waals surface area (Å²) in [5, 5.41) is 3.73. The van der Waals surface area contributed by atoms with Gasteiger partial charge in [0.2, 0.25) is 0 Å². The summed E-state index contributed by atoms with van der Waals surface area (Å²) in [6, 6.07) is 15.4. The number of nitrogens with one attached hydrogen (secondary N) is 1. The van der Waals surface area contributed by atoms with Crippen molar-refractivity contribution in [3.8, 4) is 0 Å². The molecule has 0 aliphatic rings. The summed E-state index contributed by atoms with van der Waals surface area (Å²) in [7, 11) is 0. The van der Waals surface area contributed by atoms with Gasteiger partial charge in [-0.25, -0.2) is 0 Å². The van der Waals surface area contributed by atoms with E-state index in [2.05, 4.69) is 124 Å². The summed E-state index contributed by atoms with van der Waals surface area (Å²) >= 11 is 0. The number of hydrogen-bond donors (Lipinski definition) is 1. The maximum atomic E-state index is 4.67. The molecule has 1 nitrogen and oxygen atoms in total. The Hall–Kier alpha value is -2.02. The van der Waals surface area contributed by atoms with Crippen LogP contribution < -0.4 is 5.32 Å². The van der Waals surface area contributed by atoms with Crippen LogP contribution in [0.15, 0.2) is 54.7 Å².